The number of hydrazine groups is 1. The molecule has 0 spiro atoms. The van der Waals surface area contributed by atoms with Gasteiger partial charge in [0.2, 0.25) is 0 Å². The predicted octanol–water partition coefficient (Wildman–Crippen LogP) is 2.67. The van der Waals surface area contributed by atoms with Gasteiger partial charge in [-0.05, 0) is 55.4 Å². The molecule has 0 amide bonds. The molecule has 7 nitrogen and oxygen atoms in total. The third-order valence-electron chi connectivity index (χ3n) is 3.92. The zero-order valence-corrected chi connectivity index (χ0v) is 18.2. The Labute approximate surface area is 183 Å². The number of hydrogen-bond donors (Lipinski definition) is 4. The third-order valence-corrected chi connectivity index (χ3v) is 4.45. The van der Waals surface area contributed by atoms with Crippen LogP contribution in [0.25, 0.3) is 0 Å². The zero-order valence-electron chi connectivity index (χ0n) is 16.6. The Morgan fingerprint density at radius 2 is 1.83 bits per heavy atom. The molecule has 9 heteroatoms. The summed E-state index contributed by atoms with van der Waals surface area (Å²) in [7, 11) is 1.78. The fourth-order valence-corrected chi connectivity index (χ4v) is 2.73. The number of aldehydes is 1. The van der Waals surface area contributed by atoms with Gasteiger partial charge in [-0.1, -0.05) is 28.1 Å². The van der Waals surface area contributed by atoms with E-state index >= 15 is 0 Å². The van der Waals surface area contributed by atoms with Gasteiger partial charge in [0.25, 0.3) is 0 Å². The summed E-state index contributed by atoms with van der Waals surface area (Å²) in [6.07, 6.45) is 2.72. The van der Waals surface area contributed by atoms with Gasteiger partial charge in [0, 0.05) is 28.5 Å². The Hall–Kier alpha value is -2.75. The largest absolute Gasteiger partial charge is 0.481 e. The van der Waals surface area contributed by atoms with Crippen LogP contribution in [0.15, 0.2) is 64.9 Å². The standard InChI is InChI=1S/C14H21BrN4O2.C7H5FO/c1-18-8-12(16)9-19(17)13(7-14(20)21)6-10-2-4-11(15)5-3-10;8-7-3-1-6(5-9)2-4-7/h2-5,9,13,18H,6-8,16-17H2,1H3,(H,20,21);1-5H/b12-9-;. The van der Waals surface area contributed by atoms with E-state index in [0.717, 1.165) is 10.0 Å². The molecule has 0 saturated carbocycles. The monoisotopic (exact) mass is 480 g/mol. The van der Waals surface area contributed by atoms with E-state index in [0.29, 0.717) is 30.5 Å². The van der Waals surface area contributed by atoms with Gasteiger partial charge in [0.15, 0.2) is 0 Å². The number of rotatable bonds is 9. The maximum atomic E-state index is 12.1. The molecule has 1 atom stereocenters. The molecular formula is C21H26BrFN4O3. The molecule has 2 aromatic rings. The lowest BCUT2D eigenvalue weighted by Crippen LogP contribution is -2.41. The number of halogens is 2. The van der Waals surface area contributed by atoms with Crippen molar-refractivity contribution in [1.29, 1.82) is 0 Å². The van der Waals surface area contributed by atoms with Crippen LogP contribution < -0.4 is 16.9 Å². The van der Waals surface area contributed by atoms with Crippen LogP contribution in [0, 0.1) is 5.82 Å². The molecule has 0 aliphatic heterocycles. The SMILES string of the molecule is CNC/C(N)=C/N(N)C(CC(=O)O)Cc1ccc(Br)cc1.O=Cc1ccc(F)cc1. The van der Waals surface area contributed by atoms with Crippen LogP contribution >= 0.6 is 15.9 Å². The Kier molecular flexibility index (Phi) is 11.4. The van der Waals surface area contributed by atoms with Crippen molar-refractivity contribution in [3.8, 4) is 0 Å². The molecule has 162 valence electrons. The highest BCUT2D eigenvalue weighted by Crippen LogP contribution is 2.15. The first kappa shape index (κ1) is 25.3. The Morgan fingerprint density at radius 3 is 2.33 bits per heavy atom. The minimum absolute atomic E-state index is 0.0596. The lowest BCUT2D eigenvalue weighted by Gasteiger charge is -2.25. The number of nitrogens with zero attached hydrogens (tertiary/aromatic N) is 1. The second-order valence-electron chi connectivity index (χ2n) is 6.43. The number of benzene rings is 2. The normalized spacial score (nSPS) is 11.8. The Bertz CT molecular complexity index is 829. The lowest BCUT2D eigenvalue weighted by molar-refractivity contribution is -0.138. The minimum Gasteiger partial charge on any atom is -0.481 e. The van der Waals surface area contributed by atoms with Gasteiger partial charge in [-0.2, -0.15) is 0 Å². The first-order valence-electron chi connectivity index (χ1n) is 9.06. The van der Waals surface area contributed by atoms with Crippen molar-refractivity contribution in [2.45, 2.75) is 18.9 Å². The van der Waals surface area contributed by atoms with E-state index in [1.807, 2.05) is 24.3 Å². The topological polar surface area (TPSA) is 122 Å². The number of carboxylic acids is 1. The van der Waals surface area contributed by atoms with Crippen molar-refractivity contribution < 1.29 is 19.1 Å². The Balaban J connectivity index is 0.000000414. The predicted molar refractivity (Wildman–Crippen MR) is 118 cm³/mol. The van der Waals surface area contributed by atoms with Crippen LogP contribution in [0.2, 0.25) is 0 Å². The molecule has 0 bridgehead atoms. The van der Waals surface area contributed by atoms with E-state index in [1.165, 1.54) is 29.3 Å². The number of aliphatic carboxylic acids is 1. The molecule has 0 saturated heterocycles. The average Bonchev–Trinajstić information content (AvgIpc) is 2.70. The molecule has 2 rings (SSSR count). The zero-order chi connectivity index (χ0) is 22.5. The summed E-state index contributed by atoms with van der Waals surface area (Å²) in [6, 6.07) is 12.7. The number of likely N-dealkylation sites (N-methyl/N-ethyl adjacent to an activating group) is 1. The van der Waals surface area contributed by atoms with Crippen LogP contribution in [0.1, 0.15) is 22.3 Å². The fraction of sp³-hybridized carbons (Fsp3) is 0.238. The van der Waals surface area contributed by atoms with Crippen LogP contribution in [0.5, 0.6) is 0 Å². The van der Waals surface area contributed by atoms with Crippen LogP contribution in [0.3, 0.4) is 0 Å². The van der Waals surface area contributed by atoms with Crippen molar-refractivity contribution in [1.82, 2.24) is 10.3 Å². The molecule has 0 heterocycles. The summed E-state index contributed by atoms with van der Waals surface area (Å²) < 4.78 is 13.1. The van der Waals surface area contributed by atoms with Gasteiger partial charge in [-0.3, -0.25) is 9.59 Å². The first-order valence-corrected chi connectivity index (χ1v) is 9.85. The lowest BCUT2D eigenvalue weighted by atomic mass is 10.0. The minimum atomic E-state index is -0.895. The number of carboxylic acid groups (broad SMARTS) is 1. The van der Waals surface area contributed by atoms with Crippen molar-refractivity contribution in [2.24, 2.45) is 11.6 Å². The smallest absolute Gasteiger partial charge is 0.305 e. The summed E-state index contributed by atoms with van der Waals surface area (Å²) in [5.74, 6) is 4.74. The molecular weight excluding hydrogens is 455 g/mol. The molecule has 6 N–H and O–H groups in total. The van der Waals surface area contributed by atoms with E-state index in [-0.39, 0.29) is 18.3 Å². The third kappa shape index (κ3) is 10.1. The first-order chi connectivity index (χ1) is 14.2. The highest BCUT2D eigenvalue weighted by Gasteiger charge is 2.18. The van der Waals surface area contributed by atoms with Gasteiger partial charge in [-0.25, -0.2) is 10.2 Å². The maximum absolute atomic E-state index is 12.1. The Morgan fingerprint density at radius 1 is 1.23 bits per heavy atom. The fourth-order valence-electron chi connectivity index (χ4n) is 2.47. The molecule has 0 aliphatic rings. The number of nitrogens with two attached hydrogens (primary N) is 2. The van der Waals surface area contributed by atoms with Crippen molar-refractivity contribution >= 4 is 28.2 Å². The molecule has 0 fully saturated rings. The second kappa shape index (κ2) is 13.5. The number of carbonyl (C=O) groups is 2. The quantitative estimate of drug-likeness (QED) is 0.247. The van der Waals surface area contributed by atoms with Gasteiger partial charge < -0.3 is 21.2 Å². The summed E-state index contributed by atoms with van der Waals surface area (Å²) in [6.45, 7) is 0.492. The van der Waals surface area contributed by atoms with Crippen LogP contribution in [-0.2, 0) is 11.2 Å². The maximum Gasteiger partial charge on any atom is 0.305 e. The van der Waals surface area contributed by atoms with Crippen molar-refractivity contribution in [3.05, 3.63) is 81.8 Å². The van der Waals surface area contributed by atoms with Crippen molar-refractivity contribution in [2.75, 3.05) is 13.6 Å². The van der Waals surface area contributed by atoms with E-state index in [4.69, 9.17) is 16.7 Å². The van der Waals surface area contributed by atoms with Gasteiger partial charge >= 0.3 is 5.97 Å². The van der Waals surface area contributed by atoms with E-state index in [2.05, 4.69) is 21.2 Å². The average molecular weight is 481 g/mol. The van der Waals surface area contributed by atoms with Gasteiger partial charge in [0.1, 0.15) is 12.1 Å². The molecule has 0 aliphatic carbocycles. The summed E-state index contributed by atoms with van der Waals surface area (Å²) in [5, 5.41) is 13.3. The number of nitrogens with one attached hydrogen (secondary N) is 1. The van der Waals surface area contributed by atoms with Gasteiger partial charge in [-0.15, -0.1) is 0 Å². The highest BCUT2D eigenvalue weighted by molar-refractivity contribution is 9.10. The number of hydrogen-bond acceptors (Lipinski definition) is 6. The summed E-state index contributed by atoms with van der Waals surface area (Å²) in [4.78, 5) is 21.0. The second-order valence-corrected chi connectivity index (χ2v) is 7.35. The van der Waals surface area contributed by atoms with Gasteiger partial charge in [0.05, 0.1) is 12.5 Å². The van der Waals surface area contributed by atoms with Crippen molar-refractivity contribution in [3.63, 3.8) is 0 Å². The van der Waals surface area contributed by atoms with Crippen LogP contribution in [0.4, 0.5) is 4.39 Å². The van der Waals surface area contributed by atoms with E-state index in [9.17, 15) is 14.0 Å². The molecule has 2 aromatic carbocycles. The highest BCUT2D eigenvalue weighted by atomic mass is 79.9. The summed E-state index contributed by atoms with van der Waals surface area (Å²) >= 11 is 3.37. The van der Waals surface area contributed by atoms with Crippen LogP contribution in [-0.4, -0.2) is 42.0 Å². The molecule has 1 unspecified atom stereocenters. The number of carbonyl (C=O) groups excluding carboxylic acids is 1. The molecule has 0 radical (unpaired) electrons. The molecule has 30 heavy (non-hydrogen) atoms. The summed E-state index contributed by atoms with van der Waals surface area (Å²) in [5.41, 5.74) is 7.85. The van der Waals surface area contributed by atoms with E-state index in [1.54, 1.807) is 13.2 Å². The van der Waals surface area contributed by atoms with E-state index < -0.39 is 5.97 Å². The molecule has 0 aromatic heterocycles.